The van der Waals surface area contributed by atoms with Crippen LogP contribution in [-0.4, -0.2) is 33.8 Å². The van der Waals surface area contributed by atoms with Crippen LogP contribution in [0.1, 0.15) is 15.9 Å². The number of halogens is 4. The molecule has 1 amide bonds. The molecule has 0 unspecified atom stereocenters. The maximum Gasteiger partial charge on any atom is 0.417 e. The van der Waals surface area contributed by atoms with Crippen molar-refractivity contribution in [3.05, 3.63) is 58.6 Å². The zero-order valence-electron chi connectivity index (χ0n) is 14.0. The average molecular weight is 422 g/mol. The number of rotatable bonds is 6. The van der Waals surface area contributed by atoms with Gasteiger partial charge in [0, 0.05) is 18.4 Å². The van der Waals surface area contributed by atoms with Gasteiger partial charge in [0.15, 0.2) is 9.84 Å². The number of carbonyl (C=O) groups excluding carboxylic acids is 1. The molecule has 0 radical (unpaired) electrons. The number of ether oxygens (including phenoxy) is 1. The van der Waals surface area contributed by atoms with Crippen LogP contribution in [0.2, 0.25) is 5.02 Å². The van der Waals surface area contributed by atoms with Crippen molar-refractivity contribution < 1.29 is 31.1 Å². The van der Waals surface area contributed by atoms with Crippen LogP contribution >= 0.6 is 11.6 Å². The van der Waals surface area contributed by atoms with Crippen molar-refractivity contribution >= 4 is 33.0 Å². The Morgan fingerprint density at radius 3 is 2.33 bits per heavy atom. The number of benzene rings is 2. The van der Waals surface area contributed by atoms with Crippen molar-refractivity contribution in [2.45, 2.75) is 11.1 Å². The molecule has 0 atom stereocenters. The number of methoxy groups -OCH3 is 1. The second-order valence-corrected chi connectivity index (χ2v) is 8.00. The maximum atomic E-state index is 12.9. The molecule has 0 heterocycles. The third-order valence-electron chi connectivity index (χ3n) is 3.56. The number of amides is 1. The molecule has 2 aromatic rings. The van der Waals surface area contributed by atoms with Crippen LogP contribution in [0, 0.1) is 0 Å². The monoisotopic (exact) mass is 421 g/mol. The fourth-order valence-corrected chi connectivity index (χ4v) is 3.55. The molecule has 0 saturated carbocycles. The molecule has 10 heteroatoms. The van der Waals surface area contributed by atoms with E-state index in [9.17, 15) is 26.4 Å². The molecular formula is C17H15ClF3NO4S. The first-order chi connectivity index (χ1) is 12.5. The molecule has 2 rings (SSSR count). The third kappa shape index (κ3) is 5.44. The lowest BCUT2D eigenvalue weighted by Gasteiger charge is -2.12. The molecule has 0 saturated heterocycles. The first-order valence-electron chi connectivity index (χ1n) is 7.54. The van der Waals surface area contributed by atoms with E-state index in [0.717, 1.165) is 12.1 Å². The van der Waals surface area contributed by atoms with E-state index in [1.165, 1.54) is 37.4 Å². The lowest BCUT2D eigenvalue weighted by Crippen LogP contribution is -2.14. The van der Waals surface area contributed by atoms with Gasteiger partial charge in [-0.25, -0.2) is 8.42 Å². The number of hydrogen-bond donors (Lipinski definition) is 1. The standard InChI is InChI=1S/C17H15ClF3NO4S/c1-26-8-9-27(24,25)13-5-2-11(3-6-13)16(23)22-12-4-7-15(18)14(10-12)17(19,20)21/h2-7,10H,8-9H2,1H3,(H,22,23). The highest BCUT2D eigenvalue weighted by molar-refractivity contribution is 7.91. The van der Waals surface area contributed by atoms with Gasteiger partial charge in [-0.2, -0.15) is 13.2 Å². The summed E-state index contributed by atoms with van der Waals surface area (Å²) in [6.45, 7) is 0.0304. The highest BCUT2D eigenvalue weighted by atomic mass is 35.5. The first kappa shape index (κ1) is 21.2. The summed E-state index contributed by atoms with van der Waals surface area (Å²) in [7, 11) is -2.17. The van der Waals surface area contributed by atoms with Crippen molar-refractivity contribution in [2.24, 2.45) is 0 Å². The van der Waals surface area contributed by atoms with E-state index >= 15 is 0 Å². The molecule has 5 nitrogen and oxygen atoms in total. The van der Waals surface area contributed by atoms with Gasteiger partial charge in [-0.1, -0.05) is 11.6 Å². The molecule has 0 fully saturated rings. The van der Waals surface area contributed by atoms with Crippen LogP contribution in [0.25, 0.3) is 0 Å². The van der Waals surface area contributed by atoms with Gasteiger partial charge in [0.2, 0.25) is 0 Å². The normalized spacial score (nSPS) is 12.0. The summed E-state index contributed by atoms with van der Waals surface area (Å²) in [6.07, 6.45) is -4.66. The Hall–Kier alpha value is -2.10. The average Bonchev–Trinajstić information content (AvgIpc) is 2.60. The van der Waals surface area contributed by atoms with E-state index in [0.29, 0.717) is 0 Å². The fourth-order valence-electron chi connectivity index (χ4n) is 2.15. The number of nitrogens with one attached hydrogen (secondary N) is 1. The summed E-state index contributed by atoms with van der Waals surface area (Å²) in [5.74, 6) is -0.897. The van der Waals surface area contributed by atoms with E-state index in [1.807, 2.05) is 0 Å². The van der Waals surface area contributed by atoms with Crippen molar-refractivity contribution in [1.82, 2.24) is 0 Å². The molecule has 27 heavy (non-hydrogen) atoms. The lowest BCUT2D eigenvalue weighted by atomic mass is 10.1. The number of anilines is 1. The Balaban J connectivity index is 2.18. The van der Waals surface area contributed by atoms with Gasteiger partial charge >= 0.3 is 6.18 Å². The zero-order valence-corrected chi connectivity index (χ0v) is 15.6. The molecule has 0 aliphatic heterocycles. The van der Waals surface area contributed by atoms with E-state index in [-0.39, 0.29) is 28.5 Å². The molecule has 0 bridgehead atoms. The number of hydrogen-bond acceptors (Lipinski definition) is 4. The van der Waals surface area contributed by atoms with Crippen molar-refractivity contribution in [1.29, 1.82) is 0 Å². The summed E-state index contributed by atoms with van der Waals surface area (Å²) < 4.78 is 67.4. The zero-order chi connectivity index (χ0) is 20.2. The van der Waals surface area contributed by atoms with Gasteiger partial charge in [-0.15, -0.1) is 0 Å². The third-order valence-corrected chi connectivity index (χ3v) is 5.59. The Labute approximate surface area is 159 Å². The predicted molar refractivity (Wildman–Crippen MR) is 94.8 cm³/mol. The SMILES string of the molecule is COCCS(=O)(=O)c1ccc(C(=O)Nc2ccc(Cl)c(C(F)(F)F)c2)cc1. The van der Waals surface area contributed by atoms with Crippen LogP contribution in [0.15, 0.2) is 47.4 Å². The molecule has 2 aromatic carbocycles. The molecular weight excluding hydrogens is 407 g/mol. The molecule has 0 aliphatic carbocycles. The van der Waals surface area contributed by atoms with Crippen LogP contribution in [0.5, 0.6) is 0 Å². The second-order valence-electron chi connectivity index (χ2n) is 5.48. The van der Waals surface area contributed by atoms with E-state index in [4.69, 9.17) is 16.3 Å². The second kappa shape index (κ2) is 8.28. The molecule has 0 aromatic heterocycles. The largest absolute Gasteiger partial charge is 0.417 e. The summed E-state index contributed by atoms with van der Waals surface area (Å²) in [4.78, 5) is 12.2. The van der Waals surface area contributed by atoms with Crippen LogP contribution in [-0.2, 0) is 20.8 Å². The molecule has 0 spiro atoms. The maximum absolute atomic E-state index is 12.9. The van der Waals surface area contributed by atoms with Gasteiger partial charge in [0.05, 0.1) is 27.8 Å². The van der Waals surface area contributed by atoms with Crippen LogP contribution in [0.4, 0.5) is 18.9 Å². The summed E-state index contributed by atoms with van der Waals surface area (Å²) in [5.41, 5.74) is -1.07. The highest BCUT2D eigenvalue weighted by Gasteiger charge is 2.33. The summed E-state index contributed by atoms with van der Waals surface area (Å²) >= 11 is 5.53. The van der Waals surface area contributed by atoms with E-state index in [1.54, 1.807) is 0 Å². The highest BCUT2D eigenvalue weighted by Crippen LogP contribution is 2.36. The Kier molecular flexibility index (Phi) is 6.50. The van der Waals surface area contributed by atoms with Crippen molar-refractivity contribution in [3.63, 3.8) is 0 Å². The first-order valence-corrected chi connectivity index (χ1v) is 9.57. The van der Waals surface area contributed by atoms with Gasteiger partial charge in [0.1, 0.15) is 0 Å². The Morgan fingerprint density at radius 2 is 1.78 bits per heavy atom. The molecule has 0 aliphatic rings. The summed E-state index contributed by atoms with van der Waals surface area (Å²) in [5, 5.41) is 1.84. The van der Waals surface area contributed by atoms with Crippen molar-refractivity contribution in [2.75, 3.05) is 24.8 Å². The van der Waals surface area contributed by atoms with Gasteiger partial charge in [-0.3, -0.25) is 4.79 Å². The molecule has 146 valence electrons. The van der Waals surface area contributed by atoms with Crippen molar-refractivity contribution in [3.8, 4) is 0 Å². The minimum absolute atomic E-state index is 0.0157. The smallest absolute Gasteiger partial charge is 0.384 e. The fraction of sp³-hybridized carbons (Fsp3) is 0.235. The molecule has 1 N–H and O–H groups in total. The Morgan fingerprint density at radius 1 is 1.15 bits per heavy atom. The van der Waals surface area contributed by atoms with E-state index in [2.05, 4.69) is 5.32 Å². The van der Waals surface area contributed by atoms with Gasteiger partial charge in [0.25, 0.3) is 5.91 Å². The Bertz CT molecular complexity index is 928. The predicted octanol–water partition coefficient (Wildman–Crippen LogP) is 4.03. The van der Waals surface area contributed by atoms with Crippen LogP contribution in [0.3, 0.4) is 0 Å². The number of carbonyl (C=O) groups is 1. The van der Waals surface area contributed by atoms with Gasteiger partial charge in [-0.05, 0) is 42.5 Å². The minimum atomic E-state index is -4.66. The van der Waals surface area contributed by atoms with Gasteiger partial charge < -0.3 is 10.1 Å². The number of alkyl halides is 3. The lowest BCUT2D eigenvalue weighted by molar-refractivity contribution is -0.137. The van der Waals surface area contributed by atoms with Crippen LogP contribution < -0.4 is 5.32 Å². The quantitative estimate of drug-likeness (QED) is 0.764. The topological polar surface area (TPSA) is 72.5 Å². The number of sulfone groups is 1. The van der Waals surface area contributed by atoms with E-state index < -0.39 is 32.5 Å². The minimum Gasteiger partial charge on any atom is -0.384 e. The summed E-state index contributed by atoms with van der Waals surface area (Å²) in [6, 6.07) is 8.05.